The van der Waals surface area contributed by atoms with Crippen LogP contribution in [0.4, 0.5) is 11.4 Å². The number of carbonyl (C=O) groups excluding carboxylic acids is 1. The van der Waals surface area contributed by atoms with Gasteiger partial charge in [-0.3, -0.25) is 4.79 Å². The van der Waals surface area contributed by atoms with Gasteiger partial charge in [-0.05, 0) is 49.6 Å². The third-order valence-corrected chi connectivity index (χ3v) is 3.31. The maximum atomic E-state index is 11.9. The SMILES string of the molecule is CC(C)Oc1ccc(NC(=O)c2sccc2N)cc1. The first kappa shape index (κ1) is 13.4. The highest BCUT2D eigenvalue weighted by Crippen LogP contribution is 2.22. The van der Waals surface area contributed by atoms with Gasteiger partial charge in [-0.1, -0.05) is 0 Å². The predicted molar refractivity (Wildman–Crippen MR) is 78.9 cm³/mol. The van der Waals surface area contributed by atoms with Crippen LogP contribution in [0.5, 0.6) is 5.75 Å². The third kappa shape index (κ3) is 3.48. The zero-order valence-corrected chi connectivity index (χ0v) is 11.7. The minimum absolute atomic E-state index is 0.131. The van der Waals surface area contributed by atoms with Gasteiger partial charge in [-0.15, -0.1) is 11.3 Å². The standard InChI is InChI=1S/C14H16N2O2S/c1-9(2)18-11-5-3-10(4-6-11)16-14(17)13-12(15)7-8-19-13/h3-9H,15H2,1-2H3,(H,16,17). The number of nitrogen functional groups attached to an aromatic ring is 1. The summed E-state index contributed by atoms with van der Waals surface area (Å²) < 4.78 is 5.53. The Kier molecular flexibility index (Phi) is 4.06. The minimum atomic E-state index is -0.190. The van der Waals surface area contributed by atoms with Crippen LogP contribution in [0.1, 0.15) is 23.5 Å². The highest BCUT2D eigenvalue weighted by molar-refractivity contribution is 7.12. The van der Waals surface area contributed by atoms with Crippen molar-refractivity contribution in [2.45, 2.75) is 20.0 Å². The van der Waals surface area contributed by atoms with E-state index in [4.69, 9.17) is 10.5 Å². The van der Waals surface area contributed by atoms with Crippen molar-refractivity contribution in [3.63, 3.8) is 0 Å². The van der Waals surface area contributed by atoms with Crippen molar-refractivity contribution in [2.24, 2.45) is 0 Å². The molecule has 19 heavy (non-hydrogen) atoms. The summed E-state index contributed by atoms with van der Waals surface area (Å²) in [6.45, 7) is 3.94. The van der Waals surface area contributed by atoms with E-state index < -0.39 is 0 Å². The molecule has 0 saturated heterocycles. The van der Waals surface area contributed by atoms with E-state index in [-0.39, 0.29) is 12.0 Å². The number of amides is 1. The topological polar surface area (TPSA) is 64.3 Å². The lowest BCUT2D eigenvalue weighted by Gasteiger charge is -2.10. The van der Waals surface area contributed by atoms with Gasteiger partial charge in [0.2, 0.25) is 0 Å². The summed E-state index contributed by atoms with van der Waals surface area (Å²) in [5, 5.41) is 4.60. The first-order valence-corrected chi connectivity index (χ1v) is 6.85. The molecule has 0 spiro atoms. The van der Waals surface area contributed by atoms with Crippen molar-refractivity contribution in [2.75, 3.05) is 11.1 Å². The van der Waals surface area contributed by atoms with Crippen molar-refractivity contribution in [1.82, 2.24) is 0 Å². The molecule has 0 aliphatic carbocycles. The van der Waals surface area contributed by atoms with Gasteiger partial charge in [0, 0.05) is 5.69 Å². The molecule has 0 bridgehead atoms. The van der Waals surface area contributed by atoms with Crippen molar-refractivity contribution < 1.29 is 9.53 Å². The molecule has 0 unspecified atom stereocenters. The number of carbonyl (C=O) groups is 1. The molecule has 1 aromatic carbocycles. The van der Waals surface area contributed by atoms with E-state index in [1.807, 2.05) is 26.0 Å². The van der Waals surface area contributed by atoms with E-state index in [2.05, 4.69) is 5.32 Å². The molecular weight excluding hydrogens is 260 g/mol. The Morgan fingerprint density at radius 3 is 2.47 bits per heavy atom. The number of rotatable bonds is 4. The molecule has 1 heterocycles. The normalized spacial score (nSPS) is 10.5. The Balaban J connectivity index is 2.04. The molecule has 100 valence electrons. The molecule has 0 atom stereocenters. The van der Waals surface area contributed by atoms with Crippen molar-refractivity contribution in [3.8, 4) is 5.75 Å². The molecular formula is C14H16N2O2S. The second-order valence-electron chi connectivity index (χ2n) is 4.35. The molecule has 1 amide bonds. The molecule has 3 N–H and O–H groups in total. The summed E-state index contributed by atoms with van der Waals surface area (Å²) in [6, 6.07) is 8.98. The van der Waals surface area contributed by atoms with Crippen LogP contribution in [0.25, 0.3) is 0 Å². The van der Waals surface area contributed by atoms with Crippen LogP contribution in [0.3, 0.4) is 0 Å². The van der Waals surface area contributed by atoms with E-state index in [0.717, 1.165) is 5.75 Å². The first-order chi connectivity index (χ1) is 9.06. The maximum absolute atomic E-state index is 11.9. The highest BCUT2D eigenvalue weighted by Gasteiger charge is 2.11. The fourth-order valence-corrected chi connectivity index (χ4v) is 2.29. The lowest BCUT2D eigenvalue weighted by Crippen LogP contribution is -2.12. The van der Waals surface area contributed by atoms with E-state index in [9.17, 15) is 4.79 Å². The van der Waals surface area contributed by atoms with Gasteiger partial charge >= 0.3 is 0 Å². The average molecular weight is 276 g/mol. The zero-order valence-electron chi connectivity index (χ0n) is 10.8. The lowest BCUT2D eigenvalue weighted by atomic mass is 10.3. The van der Waals surface area contributed by atoms with Crippen LogP contribution in [-0.2, 0) is 0 Å². The lowest BCUT2D eigenvalue weighted by molar-refractivity contribution is 0.103. The van der Waals surface area contributed by atoms with E-state index in [1.165, 1.54) is 11.3 Å². The Morgan fingerprint density at radius 2 is 1.95 bits per heavy atom. The molecule has 0 saturated carbocycles. The summed E-state index contributed by atoms with van der Waals surface area (Å²) in [5.41, 5.74) is 6.92. The Bertz CT molecular complexity index is 561. The number of thiophene rings is 1. The number of hydrogen-bond donors (Lipinski definition) is 2. The third-order valence-electron chi connectivity index (χ3n) is 2.39. The summed E-state index contributed by atoms with van der Waals surface area (Å²) in [6.07, 6.45) is 0.131. The number of nitrogens with two attached hydrogens (primary N) is 1. The monoisotopic (exact) mass is 276 g/mol. The van der Waals surface area contributed by atoms with Crippen LogP contribution >= 0.6 is 11.3 Å². The summed E-state index contributed by atoms with van der Waals surface area (Å²) in [5.74, 6) is 0.591. The van der Waals surface area contributed by atoms with Gasteiger partial charge < -0.3 is 15.8 Å². The molecule has 2 aromatic rings. The summed E-state index contributed by atoms with van der Waals surface area (Å²) in [4.78, 5) is 12.5. The van der Waals surface area contributed by atoms with Crippen LogP contribution in [0.15, 0.2) is 35.7 Å². The van der Waals surface area contributed by atoms with Crippen molar-refractivity contribution in [3.05, 3.63) is 40.6 Å². The van der Waals surface area contributed by atoms with Crippen LogP contribution in [-0.4, -0.2) is 12.0 Å². The number of anilines is 2. The quantitative estimate of drug-likeness (QED) is 0.899. The second-order valence-corrected chi connectivity index (χ2v) is 5.27. The Morgan fingerprint density at radius 1 is 1.26 bits per heavy atom. The van der Waals surface area contributed by atoms with Gasteiger partial charge in [0.15, 0.2) is 0 Å². The molecule has 0 aliphatic heterocycles. The number of ether oxygens (including phenoxy) is 1. The minimum Gasteiger partial charge on any atom is -0.491 e. The van der Waals surface area contributed by atoms with Crippen LogP contribution in [0, 0.1) is 0 Å². The number of benzene rings is 1. The molecule has 1 aromatic heterocycles. The molecule has 2 rings (SSSR count). The van der Waals surface area contributed by atoms with Crippen molar-refractivity contribution in [1.29, 1.82) is 0 Å². The van der Waals surface area contributed by atoms with Gasteiger partial charge in [-0.2, -0.15) is 0 Å². The maximum Gasteiger partial charge on any atom is 0.267 e. The van der Waals surface area contributed by atoms with Crippen LogP contribution in [0.2, 0.25) is 0 Å². The van der Waals surface area contributed by atoms with Gasteiger partial charge in [0.05, 0.1) is 11.8 Å². The zero-order chi connectivity index (χ0) is 13.8. The van der Waals surface area contributed by atoms with E-state index in [1.54, 1.807) is 23.6 Å². The molecule has 0 aliphatic rings. The predicted octanol–water partition coefficient (Wildman–Crippen LogP) is 3.37. The van der Waals surface area contributed by atoms with Crippen molar-refractivity contribution >= 4 is 28.6 Å². The molecule has 4 nitrogen and oxygen atoms in total. The smallest absolute Gasteiger partial charge is 0.267 e. The second kappa shape index (κ2) is 5.75. The fraction of sp³-hybridized carbons (Fsp3) is 0.214. The first-order valence-electron chi connectivity index (χ1n) is 5.97. The number of hydrogen-bond acceptors (Lipinski definition) is 4. The average Bonchev–Trinajstić information content (AvgIpc) is 2.77. The van der Waals surface area contributed by atoms with Gasteiger partial charge in [0.1, 0.15) is 10.6 Å². The Labute approximate surface area is 116 Å². The summed E-state index contributed by atoms with van der Waals surface area (Å²) in [7, 11) is 0. The van der Waals surface area contributed by atoms with Crippen LogP contribution < -0.4 is 15.8 Å². The van der Waals surface area contributed by atoms with E-state index >= 15 is 0 Å². The molecule has 0 fully saturated rings. The van der Waals surface area contributed by atoms with E-state index in [0.29, 0.717) is 16.3 Å². The van der Waals surface area contributed by atoms with Gasteiger partial charge in [-0.25, -0.2) is 0 Å². The fourth-order valence-electron chi connectivity index (χ4n) is 1.58. The van der Waals surface area contributed by atoms with Gasteiger partial charge in [0.25, 0.3) is 5.91 Å². The summed E-state index contributed by atoms with van der Waals surface area (Å²) >= 11 is 1.33. The number of nitrogens with one attached hydrogen (secondary N) is 1. The Hall–Kier alpha value is -2.01. The molecule has 5 heteroatoms. The molecule has 0 radical (unpaired) electrons. The largest absolute Gasteiger partial charge is 0.491 e. The highest BCUT2D eigenvalue weighted by atomic mass is 32.1.